The summed E-state index contributed by atoms with van der Waals surface area (Å²) in [6.45, 7) is 4.39. The third-order valence-electron chi connectivity index (χ3n) is 6.45. The van der Waals surface area contributed by atoms with E-state index in [9.17, 15) is 10.2 Å². The highest BCUT2D eigenvalue weighted by atomic mass is 35.5. The van der Waals surface area contributed by atoms with E-state index in [1.807, 2.05) is 48.5 Å². The monoisotopic (exact) mass is 522 g/mol. The van der Waals surface area contributed by atoms with Crippen molar-refractivity contribution in [1.82, 2.24) is 9.97 Å². The van der Waals surface area contributed by atoms with E-state index >= 15 is 0 Å². The van der Waals surface area contributed by atoms with Gasteiger partial charge in [0.05, 0.1) is 24.6 Å². The Morgan fingerprint density at radius 1 is 0.667 bits per heavy atom. The van der Waals surface area contributed by atoms with Gasteiger partial charge in [0.15, 0.2) is 0 Å². The Morgan fingerprint density at radius 3 is 1.39 bits per heavy atom. The maximum Gasteiger partial charge on any atom is 0.142 e. The highest BCUT2D eigenvalue weighted by Crippen LogP contribution is 2.41. The van der Waals surface area contributed by atoms with Crippen molar-refractivity contribution in [3.05, 3.63) is 116 Å². The summed E-state index contributed by atoms with van der Waals surface area (Å²) < 4.78 is 11.5. The Balaban J connectivity index is 0.000000148. The van der Waals surface area contributed by atoms with Gasteiger partial charge in [-0.3, -0.25) is 9.97 Å². The smallest absolute Gasteiger partial charge is 0.142 e. The van der Waals surface area contributed by atoms with Crippen LogP contribution in [0.2, 0.25) is 10.0 Å². The molecule has 8 heteroatoms. The number of aromatic nitrogens is 2. The second kappa shape index (κ2) is 10.1. The molecule has 0 bridgehead atoms. The lowest BCUT2D eigenvalue weighted by Gasteiger charge is -2.11. The van der Waals surface area contributed by atoms with Crippen LogP contribution in [0.4, 0.5) is 0 Å². The van der Waals surface area contributed by atoms with Crippen molar-refractivity contribution >= 4 is 23.2 Å². The number of hydrogen-bond donors (Lipinski definition) is 2. The SMILES string of the molecule is Cc1ncc2c(c1O)COC2c1ccc(Cl)cc1.Cc1ncc2c(c1O)COC2c1ccc(Cl)cc1. The van der Waals surface area contributed by atoms with Crippen LogP contribution in [0, 0.1) is 13.8 Å². The molecule has 0 amide bonds. The lowest BCUT2D eigenvalue weighted by Crippen LogP contribution is -1.99. The molecule has 2 aromatic heterocycles. The zero-order valence-electron chi connectivity index (χ0n) is 19.7. The van der Waals surface area contributed by atoms with E-state index in [1.54, 1.807) is 26.2 Å². The Kier molecular flexibility index (Phi) is 6.86. The van der Waals surface area contributed by atoms with E-state index in [4.69, 9.17) is 32.7 Å². The van der Waals surface area contributed by atoms with Crippen molar-refractivity contribution < 1.29 is 19.7 Å². The lowest BCUT2D eigenvalue weighted by molar-refractivity contribution is 0.0931. The number of aromatic hydroxyl groups is 2. The first-order valence-corrected chi connectivity index (χ1v) is 12.2. The van der Waals surface area contributed by atoms with Crippen molar-refractivity contribution in [3.8, 4) is 11.5 Å². The van der Waals surface area contributed by atoms with Crippen LogP contribution in [-0.2, 0) is 22.7 Å². The van der Waals surface area contributed by atoms with Crippen LogP contribution in [0.25, 0.3) is 0 Å². The van der Waals surface area contributed by atoms with Crippen molar-refractivity contribution in [1.29, 1.82) is 0 Å². The average Bonchev–Trinajstić information content (AvgIpc) is 3.51. The Hall–Kier alpha value is -3.16. The van der Waals surface area contributed by atoms with Crippen LogP contribution in [-0.4, -0.2) is 20.2 Å². The molecule has 0 spiro atoms. The second-order valence-electron chi connectivity index (χ2n) is 8.74. The van der Waals surface area contributed by atoms with E-state index in [0.717, 1.165) is 33.4 Å². The van der Waals surface area contributed by atoms with E-state index < -0.39 is 0 Å². The molecule has 6 nitrogen and oxygen atoms in total. The number of halogens is 2. The fourth-order valence-electron chi connectivity index (χ4n) is 4.42. The van der Waals surface area contributed by atoms with Crippen molar-refractivity contribution in [3.63, 3.8) is 0 Å². The summed E-state index contributed by atoms with van der Waals surface area (Å²) in [6, 6.07) is 15.1. The molecule has 2 aliphatic heterocycles. The van der Waals surface area contributed by atoms with Gasteiger partial charge in [0.1, 0.15) is 23.7 Å². The molecule has 0 aliphatic carbocycles. The standard InChI is InChI=1S/2C14H12ClNO2/c2*1-8-13(17)12-7-18-14(11(12)6-16-8)9-2-4-10(15)5-3-9/h2*2-6,14,17H,7H2,1H3. The summed E-state index contributed by atoms with van der Waals surface area (Å²) in [4.78, 5) is 8.38. The van der Waals surface area contributed by atoms with Gasteiger partial charge in [0, 0.05) is 44.7 Å². The zero-order chi connectivity index (χ0) is 25.4. The minimum absolute atomic E-state index is 0.170. The van der Waals surface area contributed by atoms with Gasteiger partial charge in [-0.1, -0.05) is 47.5 Å². The van der Waals surface area contributed by atoms with Crippen LogP contribution >= 0.6 is 23.2 Å². The first kappa shape index (κ1) is 24.5. The third-order valence-corrected chi connectivity index (χ3v) is 6.95. The predicted molar refractivity (Wildman–Crippen MR) is 137 cm³/mol. The lowest BCUT2D eigenvalue weighted by atomic mass is 10.0. The van der Waals surface area contributed by atoms with Gasteiger partial charge in [-0.05, 0) is 49.2 Å². The van der Waals surface area contributed by atoms with Crippen molar-refractivity contribution in [2.45, 2.75) is 39.3 Å². The quantitative estimate of drug-likeness (QED) is 0.303. The second-order valence-corrected chi connectivity index (χ2v) is 9.61. The Labute approximate surface area is 219 Å². The number of benzene rings is 2. The van der Waals surface area contributed by atoms with Crippen LogP contribution in [0.3, 0.4) is 0 Å². The molecule has 36 heavy (non-hydrogen) atoms. The van der Waals surface area contributed by atoms with Gasteiger partial charge < -0.3 is 19.7 Å². The highest BCUT2D eigenvalue weighted by Gasteiger charge is 2.29. The molecule has 2 unspecified atom stereocenters. The first-order chi connectivity index (χ1) is 17.3. The molecular formula is C28H24Cl2N2O4. The van der Waals surface area contributed by atoms with Gasteiger partial charge in [-0.25, -0.2) is 0 Å². The minimum Gasteiger partial charge on any atom is -0.506 e. The molecule has 2 N–H and O–H groups in total. The van der Waals surface area contributed by atoms with E-state index in [-0.39, 0.29) is 23.7 Å². The van der Waals surface area contributed by atoms with Gasteiger partial charge >= 0.3 is 0 Å². The van der Waals surface area contributed by atoms with E-state index in [2.05, 4.69) is 9.97 Å². The van der Waals surface area contributed by atoms with Crippen molar-refractivity contribution in [2.24, 2.45) is 0 Å². The Morgan fingerprint density at radius 2 is 1.03 bits per heavy atom. The number of fused-ring (bicyclic) bond motifs is 2. The zero-order valence-corrected chi connectivity index (χ0v) is 21.2. The first-order valence-electron chi connectivity index (χ1n) is 11.4. The fraction of sp³-hybridized carbons (Fsp3) is 0.214. The van der Waals surface area contributed by atoms with E-state index in [0.29, 0.717) is 34.6 Å². The number of pyridine rings is 2. The summed E-state index contributed by atoms with van der Waals surface area (Å²) in [5.41, 5.74) is 6.83. The molecular weight excluding hydrogens is 499 g/mol. The molecule has 4 aromatic rings. The predicted octanol–water partition coefficient (Wildman–Crippen LogP) is 6.74. The van der Waals surface area contributed by atoms with Gasteiger partial charge in [0.2, 0.25) is 0 Å². The number of rotatable bonds is 2. The van der Waals surface area contributed by atoms with Crippen LogP contribution in [0.15, 0.2) is 60.9 Å². The van der Waals surface area contributed by atoms with Crippen LogP contribution < -0.4 is 0 Å². The van der Waals surface area contributed by atoms with Gasteiger partial charge in [0.25, 0.3) is 0 Å². The van der Waals surface area contributed by atoms with Gasteiger partial charge in [-0.2, -0.15) is 0 Å². The molecule has 0 saturated heterocycles. The molecule has 0 fully saturated rings. The summed E-state index contributed by atoms with van der Waals surface area (Å²) in [5.74, 6) is 0.480. The molecule has 0 saturated carbocycles. The minimum atomic E-state index is -0.170. The fourth-order valence-corrected chi connectivity index (χ4v) is 4.67. The topological polar surface area (TPSA) is 84.7 Å². The number of aryl methyl sites for hydroxylation is 2. The Bertz CT molecular complexity index is 1300. The summed E-state index contributed by atoms with van der Waals surface area (Å²) in [6.07, 6.45) is 3.21. The normalized spacial score (nSPS) is 17.8. The number of nitrogens with zero attached hydrogens (tertiary/aromatic N) is 2. The average molecular weight is 523 g/mol. The van der Waals surface area contributed by atoms with E-state index in [1.165, 1.54) is 0 Å². The number of hydrogen-bond acceptors (Lipinski definition) is 6. The van der Waals surface area contributed by atoms with Crippen molar-refractivity contribution in [2.75, 3.05) is 0 Å². The largest absolute Gasteiger partial charge is 0.506 e. The molecule has 4 heterocycles. The van der Waals surface area contributed by atoms with Crippen LogP contribution in [0.5, 0.6) is 11.5 Å². The molecule has 0 radical (unpaired) electrons. The molecule has 2 aliphatic rings. The third kappa shape index (κ3) is 4.65. The molecule has 2 aromatic carbocycles. The maximum absolute atomic E-state index is 9.96. The van der Waals surface area contributed by atoms with Gasteiger partial charge in [-0.15, -0.1) is 0 Å². The summed E-state index contributed by atoms with van der Waals surface area (Å²) >= 11 is 11.7. The number of ether oxygens (including phenoxy) is 2. The maximum atomic E-state index is 9.96. The molecule has 6 rings (SSSR count). The summed E-state index contributed by atoms with van der Waals surface area (Å²) in [5, 5.41) is 21.3. The highest BCUT2D eigenvalue weighted by molar-refractivity contribution is 6.30. The molecule has 2 atom stereocenters. The van der Waals surface area contributed by atoms with Crippen LogP contribution in [0.1, 0.15) is 57.0 Å². The summed E-state index contributed by atoms with van der Waals surface area (Å²) in [7, 11) is 0. The molecule has 184 valence electrons.